The SMILES string of the molecule is CC(=O)SCC(O)C(O)c1ccc(Cl)c(C#N)c1. The van der Waals surface area contributed by atoms with Gasteiger partial charge < -0.3 is 10.2 Å². The summed E-state index contributed by atoms with van der Waals surface area (Å²) in [7, 11) is 0. The number of benzene rings is 1. The van der Waals surface area contributed by atoms with E-state index in [0.717, 1.165) is 11.8 Å². The van der Waals surface area contributed by atoms with Gasteiger partial charge in [-0.2, -0.15) is 5.26 Å². The highest BCUT2D eigenvalue weighted by molar-refractivity contribution is 8.13. The Bertz CT molecular complexity index is 487. The van der Waals surface area contributed by atoms with Crippen molar-refractivity contribution in [2.75, 3.05) is 5.75 Å². The van der Waals surface area contributed by atoms with Crippen LogP contribution in [0.4, 0.5) is 0 Å². The van der Waals surface area contributed by atoms with Gasteiger partial charge >= 0.3 is 0 Å². The quantitative estimate of drug-likeness (QED) is 0.883. The molecule has 0 spiro atoms. The van der Waals surface area contributed by atoms with E-state index in [1.165, 1.54) is 25.1 Å². The Balaban J connectivity index is 2.80. The minimum Gasteiger partial charge on any atom is -0.389 e. The van der Waals surface area contributed by atoms with Gasteiger partial charge in [-0.05, 0) is 17.7 Å². The molecule has 1 rings (SSSR count). The van der Waals surface area contributed by atoms with Gasteiger partial charge in [0, 0.05) is 12.7 Å². The lowest BCUT2D eigenvalue weighted by Gasteiger charge is -2.17. The van der Waals surface area contributed by atoms with E-state index in [1.54, 1.807) is 0 Å². The van der Waals surface area contributed by atoms with Gasteiger partial charge in [0.1, 0.15) is 12.2 Å². The van der Waals surface area contributed by atoms with E-state index in [1.807, 2.05) is 6.07 Å². The molecule has 0 saturated carbocycles. The van der Waals surface area contributed by atoms with Crippen LogP contribution in [0.25, 0.3) is 0 Å². The van der Waals surface area contributed by atoms with Gasteiger partial charge in [-0.15, -0.1) is 0 Å². The Labute approximate surface area is 114 Å². The topological polar surface area (TPSA) is 81.3 Å². The van der Waals surface area contributed by atoms with E-state index in [-0.39, 0.29) is 16.4 Å². The van der Waals surface area contributed by atoms with Crippen LogP contribution in [0, 0.1) is 11.3 Å². The first-order chi connectivity index (χ1) is 8.45. The number of halogens is 1. The highest BCUT2D eigenvalue weighted by atomic mass is 35.5. The molecule has 0 aliphatic carbocycles. The highest BCUT2D eigenvalue weighted by Crippen LogP contribution is 2.24. The van der Waals surface area contributed by atoms with E-state index < -0.39 is 12.2 Å². The molecule has 6 heteroatoms. The summed E-state index contributed by atoms with van der Waals surface area (Å²) in [6, 6.07) is 6.35. The van der Waals surface area contributed by atoms with Crippen LogP contribution in [-0.2, 0) is 4.79 Å². The average Bonchev–Trinajstić information content (AvgIpc) is 2.35. The zero-order valence-electron chi connectivity index (χ0n) is 9.63. The largest absolute Gasteiger partial charge is 0.389 e. The second-order valence-corrected chi connectivity index (χ2v) is 5.27. The van der Waals surface area contributed by atoms with E-state index in [0.29, 0.717) is 10.6 Å². The standard InChI is InChI=1S/C12H12ClNO3S/c1-7(15)18-6-11(16)12(17)8-2-3-10(13)9(4-8)5-14/h2-4,11-12,16-17H,6H2,1H3. The monoisotopic (exact) mass is 285 g/mol. The molecule has 0 saturated heterocycles. The molecule has 0 amide bonds. The molecule has 4 nitrogen and oxygen atoms in total. The number of hydrogen-bond acceptors (Lipinski definition) is 5. The minimum atomic E-state index is -1.15. The summed E-state index contributed by atoms with van der Waals surface area (Å²) in [6.07, 6.45) is -2.23. The van der Waals surface area contributed by atoms with Gasteiger partial charge in [0.15, 0.2) is 5.12 Å². The smallest absolute Gasteiger partial charge is 0.185 e. The van der Waals surface area contributed by atoms with E-state index in [2.05, 4.69) is 0 Å². The molecule has 0 heterocycles. The second-order valence-electron chi connectivity index (χ2n) is 3.67. The predicted molar refractivity (Wildman–Crippen MR) is 70.3 cm³/mol. The third-order valence-corrected chi connectivity index (χ3v) is 3.52. The van der Waals surface area contributed by atoms with E-state index >= 15 is 0 Å². The molecular weight excluding hydrogens is 274 g/mol. The molecule has 0 aliphatic rings. The number of aliphatic hydroxyl groups is 2. The lowest BCUT2D eigenvalue weighted by Crippen LogP contribution is -2.21. The zero-order chi connectivity index (χ0) is 13.7. The van der Waals surface area contributed by atoms with Crippen molar-refractivity contribution in [3.8, 4) is 6.07 Å². The summed E-state index contributed by atoms with van der Waals surface area (Å²) < 4.78 is 0. The molecule has 0 aromatic heterocycles. The molecular formula is C12H12ClNO3S. The number of hydrogen-bond donors (Lipinski definition) is 2. The molecule has 1 aromatic carbocycles. The van der Waals surface area contributed by atoms with Gasteiger partial charge in [-0.25, -0.2) is 0 Å². The zero-order valence-corrected chi connectivity index (χ0v) is 11.2. The third-order valence-electron chi connectivity index (χ3n) is 2.27. The lowest BCUT2D eigenvalue weighted by atomic mass is 10.0. The first-order valence-electron chi connectivity index (χ1n) is 5.14. The third kappa shape index (κ3) is 4.00. The predicted octanol–water partition coefficient (Wildman–Crippen LogP) is 1.89. The molecule has 1 aromatic rings. The molecule has 96 valence electrons. The van der Waals surface area contributed by atoms with Crippen molar-refractivity contribution in [3.63, 3.8) is 0 Å². The van der Waals surface area contributed by atoms with Gasteiger partial charge in [-0.1, -0.05) is 29.4 Å². The van der Waals surface area contributed by atoms with Gasteiger partial charge in [0.25, 0.3) is 0 Å². The Morgan fingerprint density at radius 1 is 1.56 bits per heavy atom. The summed E-state index contributed by atoms with van der Waals surface area (Å²) in [4.78, 5) is 10.8. The number of carbonyl (C=O) groups excluding carboxylic acids is 1. The van der Waals surface area contributed by atoms with Crippen molar-refractivity contribution in [1.29, 1.82) is 5.26 Å². The van der Waals surface area contributed by atoms with Gasteiger partial charge in [-0.3, -0.25) is 4.79 Å². The van der Waals surface area contributed by atoms with Crippen molar-refractivity contribution in [3.05, 3.63) is 34.3 Å². The number of aliphatic hydroxyl groups excluding tert-OH is 2. The fourth-order valence-corrected chi connectivity index (χ4v) is 2.08. The van der Waals surface area contributed by atoms with E-state index in [4.69, 9.17) is 16.9 Å². The number of nitrogens with zero attached hydrogens (tertiary/aromatic N) is 1. The molecule has 0 fully saturated rings. The van der Waals surface area contributed by atoms with Crippen LogP contribution in [0.1, 0.15) is 24.2 Å². The summed E-state index contributed by atoms with van der Waals surface area (Å²) >= 11 is 6.70. The molecule has 0 aliphatic heterocycles. The number of thioether (sulfide) groups is 1. The average molecular weight is 286 g/mol. The highest BCUT2D eigenvalue weighted by Gasteiger charge is 2.20. The Morgan fingerprint density at radius 2 is 2.22 bits per heavy atom. The van der Waals surface area contributed by atoms with Crippen LogP contribution < -0.4 is 0 Å². The molecule has 0 bridgehead atoms. The second kappa shape index (κ2) is 6.76. The summed E-state index contributed by atoms with van der Waals surface area (Å²) in [6.45, 7) is 1.39. The minimum absolute atomic E-state index is 0.0982. The summed E-state index contributed by atoms with van der Waals surface area (Å²) in [5.41, 5.74) is 0.632. The van der Waals surface area contributed by atoms with Crippen LogP contribution in [-0.4, -0.2) is 27.2 Å². The first-order valence-corrected chi connectivity index (χ1v) is 6.51. The molecule has 2 unspecified atom stereocenters. The fourth-order valence-electron chi connectivity index (χ4n) is 1.33. The normalized spacial score (nSPS) is 13.7. The van der Waals surface area contributed by atoms with Gasteiger partial charge in [0.05, 0.1) is 16.7 Å². The molecule has 0 radical (unpaired) electrons. The van der Waals surface area contributed by atoms with Crippen molar-refractivity contribution in [2.24, 2.45) is 0 Å². The maximum atomic E-state index is 10.8. The van der Waals surface area contributed by atoms with Crippen molar-refractivity contribution < 1.29 is 15.0 Å². The van der Waals surface area contributed by atoms with Crippen LogP contribution in [0.5, 0.6) is 0 Å². The van der Waals surface area contributed by atoms with Crippen LogP contribution in [0.15, 0.2) is 18.2 Å². The van der Waals surface area contributed by atoms with Gasteiger partial charge in [0.2, 0.25) is 0 Å². The summed E-state index contributed by atoms with van der Waals surface area (Å²) in [5, 5.41) is 28.6. The summed E-state index contributed by atoms with van der Waals surface area (Å²) in [5.74, 6) is 0.0982. The van der Waals surface area contributed by atoms with Crippen LogP contribution in [0.3, 0.4) is 0 Å². The fraction of sp³-hybridized carbons (Fsp3) is 0.333. The van der Waals surface area contributed by atoms with Crippen LogP contribution in [0.2, 0.25) is 5.02 Å². The maximum Gasteiger partial charge on any atom is 0.185 e. The van der Waals surface area contributed by atoms with Crippen LogP contribution >= 0.6 is 23.4 Å². The van der Waals surface area contributed by atoms with Crippen molar-refractivity contribution >= 4 is 28.5 Å². The molecule has 2 N–H and O–H groups in total. The number of rotatable bonds is 4. The lowest BCUT2D eigenvalue weighted by molar-refractivity contribution is -0.109. The Kier molecular flexibility index (Phi) is 5.63. The van der Waals surface area contributed by atoms with Crippen molar-refractivity contribution in [1.82, 2.24) is 0 Å². The number of carbonyl (C=O) groups is 1. The molecule has 2 atom stereocenters. The Hall–Kier alpha value is -1.06. The Morgan fingerprint density at radius 3 is 2.78 bits per heavy atom. The van der Waals surface area contributed by atoms with E-state index in [9.17, 15) is 15.0 Å². The maximum absolute atomic E-state index is 10.8. The molecule has 18 heavy (non-hydrogen) atoms. The van der Waals surface area contributed by atoms with Crippen molar-refractivity contribution in [2.45, 2.75) is 19.1 Å². The number of nitriles is 1. The first kappa shape index (κ1) is 15.0.